The van der Waals surface area contributed by atoms with E-state index in [-0.39, 0.29) is 35.7 Å². The highest BCUT2D eigenvalue weighted by Crippen LogP contribution is 2.61. The second-order valence-corrected chi connectivity index (χ2v) is 12.6. The number of esters is 1. The highest BCUT2D eigenvalue weighted by atomic mass is 16.5. The molecule has 40 heavy (non-hydrogen) atoms. The van der Waals surface area contributed by atoms with Crippen LogP contribution in [0.25, 0.3) is 0 Å². The quantitative estimate of drug-likeness (QED) is 0.277. The zero-order chi connectivity index (χ0) is 27.7. The van der Waals surface area contributed by atoms with Crippen LogP contribution in [0.15, 0.2) is 72.8 Å². The largest absolute Gasteiger partial charge is 0.458 e. The number of rotatable bonds is 4. The molecule has 2 amide bonds. The van der Waals surface area contributed by atoms with E-state index in [1.165, 1.54) is 4.90 Å². The summed E-state index contributed by atoms with van der Waals surface area (Å²) >= 11 is 0. The second kappa shape index (κ2) is 9.43. The van der Waals surface area contributed by atoms with Crippen LogP contribution in [0, 0.1) is 29.6 Å². The number of imide groups is 1. The highest BCUT2D eigenvalue weighted by molar-refractivity contribution is 6.23. The Labute approximate surface area is 235 Å². The summed E-state index contributed by atoms with van der Waals surface area (Å²) in [5.41, 5.74) is 5.42. The maximum atomic E-state index is 14.1. The second-order valence-electron chi connectivity index (χ2n) is 12.6. The average Bonchev–Trinajstić information content (AvgIpc) is 3.23. The Morgan fingerprint density at radius 3 is 1.88 bits per heavy atom. The van der Waals surface area contributed by atoms with Gasteiger partial charge in [-0.3, -0.25) is 9.59 Å². The molecule has 2 bridgehead atoms. The molecule has 5 atom stereocenters. The molecule has 0 spiro atoms. The van der Waals surface area contributed by atoms with Gasteiger partial charge in [-0.05, 0) is 71.0 Å². The van der Waals surface area contributed by atoms with E-state index in [1.807, 2.05) is 24.3 Å². The summed E-state index contributed by atoms with van der Waals surface area (Å²) in [4.78, 5) is 42.9. The molecule has 3 aromatic carbocycles. The van der Waals surface area contributed by atoms with Gasteiger partial charge in [0.25, 0.3) is 0 Å². The minimum Gasteiger partial charge on any atom is -0.458 e. The zero-order valence-corrected chi connectivity index (χ0v) is 23.2. The molecular weight excluding hydrogens is 498 g/mol. The van der Waals surface area contributed by atoms with E-state index in [0.29, 0.717) is 29.0 Å². The molecule has 0 N–H and O–H groups in total. The number of hydrogen-bond acceptors (Lipinski definition) is 4. The number of amides is 2. The van der Waals surface area contributed by atoms with E-state index >= 15 is 0 Å². The number of benzene rings is 3. The van der Waals surface area contributed by atoms with Gasteiger partial charge >= 0.3 is 5.97 Å². The summed E-state index contributed by atoms with van der Waals surface area (Å²) in [6, 6.07) is 23.4. The van der Waals surface area contributed by atoms with Crippen LogP contribution in [-0.4, -0.2) is 23.9 Å². The van der Waals surface area contributed by atoms with E-state index in [0.717, 1.165) is 41.5 Å². The third-order valence-electron chi connectivity index (χ3n) is 10.0. The van der Waals surface area contributed by atoms with Crippen molar-refractivity contribution in [1.82, 2.24) is 0 Å². The number of carbonyl (C=O) groups excluding carboxylic acids is 3. The molecule has 1 aliphatic heterocycles. The van der Waals surface area contributed by atoms with Crippen molar-refractivity contribution < 1.29 is 19.1 Å². The molecule has 0 radical (unpaired) electrons. The fourth-order valence-electron chi connectivity index (χ4n) is 8.16. The van der Waals surface area contributed by atoms with E-state index in [4.69, 9.17) is 4.74 Å². The molecule has 5 nitrogen and oxygen atoms in total. The molecule has 5 aliphatic rings. The van der Waals surface area contributed by atoms with Crippen LogP contribution in [0.3, 0.4) is 0 Å². The van der Waals surface area contributed by atoms with Gasteiger partial charge in [-0.15, -0.1) is 0 Å². The Morgan fingerprint density at radius 2 is 1.35 bits per heavy atom. The fraction of sp³-hybridized carbons (Fsp3) is 0.400. The van der Waals surface area contributed by atoms with Crippen LogP contribution < -0.4 is 4.90 Å². The SMILES string of the molecule is CC(C)[C@H]1CC[C@H](C)C[C@H]1OC(=O)c1cccc(N2C(=O)[C@@H]3C4c5ccccc5C(c5ccccc54)[C@@H]3C2=O)c1. The maximum Gasteiger partial charge on any atom is 0.338 e. The van der Waals surface area contributed by atoms with Gasteiger partial charge in [0.2, 0.25) is 11.8 Å². The highest BCUT2D eigenvalue weighted by Gasteiger charge is 2.61. The molecule has 1 saturated heterocycles. The van der Waals surface area contributed by atoms with Gasteiger partial charge < -0.3 is 4.74 Å². The molecule has 3 aromatic rings. The monoisotopic (exact) mass is 533 g/mol. The Kier molecular flexibility index (Phi) is 5.95. The van der Waals surface area contributed by atoms with Gasteiger partial charge in [0.1, 0.15) is 6.10 Å². The predicted molar refractivity (Wildman–Crippen MR) is 153 cm³/mol. The van der Waals surface area contributed by atoms with Crippen molar-refractivity contribution >= 4 is 23.5 Å². The molecule has 204 valence electrons. The summed E-state index contributed by atoms with van der Waals surface area (Å²) in [6.45, 7) is 6.59. The van der Waals surface area contributed by atoms with Gasteiger partial charge in [-0.2, -0.15) is 0 Å². The summed E-state index contributed by atoms with van der Waals surface area (Å²) in [5, 5.41) is 0. The van der Waals surface area contributed by atoms with Gasteiger partial charge in [0.05, 0.1) is 23.1 Å². The van der Waals surface area contributed by atoms with Gasteiger partial charge in [-0.25, -0.2) is 9.69 Å². The molecule has 2 fully saturated rings. The number of anilines is 1. The first kappa shape index (κ1) is 25.3. The fourth-order valence-corrected chi connectivity index (χ4v) is 8.16. The van der Waals surface area contributed by atoms with Crippen LogP contribution in [0.1, 0.15) is 84.5 Å². The molecule has 1 heterocycles. The molecule has 0 unspecified atom stereocenters. The normalized spacial score (nSPS) is 30.2. The molecule has 1 saturated carbocycles. The Hall–Kier alpha value is -3.73. The van der Waals surface area contributed by atoms with E-state index in [1.54, 1.807) is 24.3 Å². The molecule has 0 aromatic heterocycles. The Morgan fingerprint density at radius 1 is 0.800 bits per heavy atom. The van der Waals surface area contributed by atoms with Crippen molar-refractivity contribution in [3.05, 3.63) is 101 Å². The van der Waals surface area contributed by atoms with Crippen LogP contribution in [0.2, 0.25) is 0 Å². The van der Waals surface area contributed by atoms with Crippen LogP contribution in [0.4, 0.5) is 5.69 Å². The van der Waals surface area contributed by atoms with E-state index in [9.17, 15) is 14.4 Å². The van der Waals surface area contributed by atoms with Crippen molar-refractivity contribution in [2.75, 3.05) is 4.90 Å². The third-order valence-corrected chi connectivity index (χ3v) is 10.0. The minimum absolute atomic E-state index is 0.120. The van der Waals surface area contributed by atoms with Crippen LogP contribution in [0.5, 0.6) is 0 Å². The first-order chi connectivity index (χ1) is 19.3. The summed E-state index contributed by atoms with van der Waals surface area (Å²) < 4.78 is 6.09. The van der Waals surface area contributed by atoms with Crippen molar-refractivity contribution in [2.45, 2.75) is 58.0 Å². The van der Waals surface area contributed by atoms with Crippen LogP contribution in [-0.2, 0) is 14.3 Å². The lowest BCUT2D eigenvalue weighted by molar-refractivity contribution is -0.122. The molecule has 5 heteroatoms. The number of carbonyl (C=O) groups is 3. The standard InChI is InChI=1S/C35H35NO4/c1-19(2)23-16-15-20(3)17-28(23)40-35(39)21-9-8-10-22(18-21)36-33(37)31-29-24-11-4-5-12-25(24)30(32(31)34(36)38)27-14-7-6-13-26(27)29/h4-14,18-20,23,28-32H,15-17H2,1-3H3/t20-,23+,28+,29?,30?,31-,32+/m0/s1. The smallest absolute Gasteiger partial charge is 0.338 e. The third kappa shape index (κ3) is 3.70. The van der Waals surface area contributed by atoms with Crippen molar-refractivity contribution in [1.29, 1.82) is 0 Å². The molecule has 4 aliphatic carbocycles. The summed E-state index contributed by atoms with van der Waals surface area (Å²) in [6.07, 6.45) is 2.96. The first-order valence-electron chi connectivity index (χ1n) is 14.7. The number of hydrogen-bond donors (Lipinski definition) is 0. The van der Waals surface area contributed by atoms with Gasteiger partial charge in [0, 0.05) is 11.8 Å². The Balaban J connectivity index is 1.21. The lowest BCUT2D eigenvalue weighted by atomic mass is 9.55. The lowest BCUT2D eigenvalue weighted by Crippen LogP contribution is -2.41. The predicted octanol–water partition coefficient (Wildman–Crippen LogP) is 6.70. The maximum absolute atomic E-state index is 14.1. The summed E-state index contributed by atoms with van der Waals surface area (Å²) in [7, 11) is 0. The lowest BCUT2D eigenvalue weighted by Gasteiger charge is -2.45. The van der Waals surface area contributed by atoms with Crippen molar-refractivity contribution in [3.63, 3.8) is 0 Å². The Bertz CT molecular complexity index is 1410. The van der Waals surface area contributed by atoms with Gasteiger partial charge in [-0.1, -0.05) is 81.8 Å². The first-order valence-corrected chi connectivity index (χ1v) is 14.7. The number of ether oxygens (including phenoxy) is 1. The van der Waals surface area contributed by atoms with E-state index in [2.05, 4.69) is 45.0 Å². The van der Waals surface area contributed by atoms with Crippen molar-refractivity contribution in [2.24, 2.45) is 29.6 Å². The van der Waals surface area contributed by atoms with Crippen LogP contribution >= 0.6 is 0 Å². The number of nitrogens with zero attached hydrogens (tertiary/aromatic N) is 1. The molecular formula is C35H35NO4. The van der Waals surface area contributed by atoms with Crippen molar-refractivity contribution in [3.8, 4) is 0 Å². The average molecular weight is 534 g/mol. The van der Waals surface area contributed by atoms with Gasteiger partial charge in [0.15, 0.2) is 0 Å². The summed E-state index contributed by atoms with van der Waals surface area (Å²) in [5.74, 6) is -0.663. The minimum atomic E-state index is -0.451. The van der Waals surface area contributed by atoms with E-state index < -0.39 is 11.8 Å². The topological polar surface area (TPSA) is 63.7 Å². The zero-order valence-electron chi connectivity index (χ0n) is 23.2. The molecule has 8 rings (SSSR count).